The molecule has 1 aliphatic rings. The number of fused-ring (bicyclic) bond motifs is 2. The Hall–Kier alpha value is -1.66. The van der Waals surface area contributed by atoms with E-state index in [0.29, 0.717) is 10.6 Å². The Morgan fingerprint density at radius 3 is 3.00 bits per heavy atom. The number of hydrogen-bond acceptors (Lipinski definition) is 4. The van der Waals surface area contributed by atoms with Crippen LogP contribution in [-0.2, 0) is 13.0 Å². The van der Waals surface area contributed by atoms with Gasteiger partial charge >= 0.3 is 0 Å². The lowest BCUT2D eigenvalue weighted by Gasteiger charge is -2.21. The van der Waals surface area contributed by atoms with Crippen molar-refractivity contribution in [3.8, 4) is 0 Å². The standard InChI is InChI=1S/C15H20N4OS/c1-8(2)17-14(20)13-12(16)10-6-9-7-19(3)5-4-11(9)18-15(10)21-13/h6,8H,4-5,7,16H2,1-3H3,(H,17,20)/p+1. The number of quaternary nitrogens is 1. The number of hydrogen-bond donors (Lipinski definition) is 3. The summed E-state index contributed by atoms with van der Waals surface area (Å²) in [4.78, 5) is 19.9. The monoisotopic (exact) mass is 305 g/mol. The van der Waals surface area contributed by atoms with Crippen LogP contribution in [0.5, 0.6) is 0 Å². The first-order valence-corrected chi connectivity index (χ1v) is 8.10. The molecule has 0 saturated heterocycles. The van der Waals surface area contributed by atoms with Crippen molar-refractivity contribution in [2.75, 3.05) is 19.3 Å². The van der Waals surface area contributed by atoms with E-state index in [9.17, 15) is 4.79 Å². The molecule has 0 bridgehead atoms. The molecule has 112 valence electrons. The lowest BCUT2D eigenvalue weighted by atomic mass is 10.0. The zero-order valence-electron chi connectivity index (χ0n) is 12.6. The molecule has 2 aromatic rings. The molecule has 1 amide bonds. The van der Waals surface area contributed by atoms with Gasteiger partial charge in [0.15, 0.2) is 0 Å². The molecular formula is C15H21N4OS+. The highest BCUT2D eigenvalue weighted by atomic mass is 32.1. The number of nitrogens with one attached hydrogen (secondary N) is 2. The molecule has 1 unspecified atom stereocenters. The lowest BCUT2D eigenvalue weighted by Crippen LogP contribution is -3.08. The van der Waals surface area contributed by atoms with E-state index in [1.54, 1.807) is 0 Å². The second kappa shape index (κ2) is 5.27. The smallest absolute Gasteiger partial charge is 0.263 e. The zero-order valence-corrected chi connectivity index (χ0v) is 13.4. The van der Waals surface area contributed by atoms with Crippen molar-refractivity contribution in [1.82, 2.24) is 10.3 Å². The minimum atomic E-state index is -0.105. The van der Waals surface area contributed by atoms with Gasteiger partial charge in [-0.25, -0.2) is 4.98 Å². The maximum atomic E-state index is 12.2. The molecule has 6 heteroatoms. The summed E-state index contributed by atoms with van der Waals surface area (Å²) in [5.41, 5.74) is 9.16. The van der Waals surface area contributed by atoms with Gasteiger partial charge in [-0.05, 0) is 19.9 Å². The first-order valence-electron chi connectivity index (χ1n) is 7.28. The fourth-order valence-electron chi connectivity index (χ4n) is 2.73. The summed E-state index contributed by atoms with van der Waals surface area (Å²) < 4.78 is 0. The number of nitrogens with zero attached hydrogens (tertiary/aromatic N) is 1. The minimum Gasteiger partial charge on any atom is -0.397 e. The van der Waals surface area contributed by atoms with Crippen LogP contribution < -0.4 is 16.0 Å². The Morgan fingerprint density at radius 2 is 2.29 bits per heavy atom. The Labute approximate surface area is 128 Å². The first-order chi connectivity index (χ1) is 9.95. The molecule has 2 aromatic heterocycles. The summed E-state index contributed by atoms with van der Waals surface area (Å²) in [6.45, 7) is 5.96. The van der Waals surface area contributed by atoms with Gasteiger partial charge in [-0.3, -0.25) is 4.79 Å². The Morgan fingerprint density at radius 1 is 1.52 bits per heavy atom. The summed E-state index contributed by atoms with van der Waals surface area (Å²) in [6.07, 6.45) is 0.989. The van der Waals surface area contributed by atoms with Crippen molar-refractivity contribution in [2.45, 2.75) is 32.9 Å². The van der Waals surface area contributed by atoms with E-state index in [1.165, 1.54) is 21.8 Å². The number of carbonyl (C=O) groups excluding carboxylic acids is 1. The van der Waals surface area contributed by atoms with Crippen LogP contribution in [0.3, 0.4) is 0 Å². The van der Waals surface area contributed by atoms with Crippen molar-refractivity contribution in [2.24, 2.45) is 0 Å². The number of anilines is 1. The van der Waals surface area contributed by atoms with Crippen molar-refractivity contribution in [3.05, 3.63) is 22.2 Å². The van der Waals surface area contributed by atoms with E-state index in [-0.39, 0.29) is 11.9 Å². The second-order valence-corrected chi connectivity index (χ2v) is 7.05. The van der Waals surface area contributed by atoms with Crippen LogP contribution >= 0.6 is 11.3 Å². The molecule has 0 aromatic carbocycles. The largest absolute Gasteiger partial charge is 0.397 e. The number of pyridine rings is 1. The van der Waals surface area contributed by atoms with Crippen molar-refractivity contribution in [3.63, 3.8) is 0 Å². The SMILES string of the molecule is CC(C)NC(=O)c1sc2nc3c(cc2c1N)C[NH+](C)CC3. The summed E-state index contributed by atoms with van der Waals surface area (Å²) in [5.74, 6) is -0.105. The Bertz CT molecular complexity index is 707. The highest BCUT2D eigenvalue weighted by molar-refractivity contribution is 7.21. The average molecular weight is 305 g/mol. The zero-order chi connectivity index (χ0) is 15.1. The Balaban J connectivity index is 2.06. The second-order valence-electron chi connectivity index (χ2n) is 6.05. The molecule has 3 rings (SSSR count). The van der Waals surface area contributed by atoms with Crippen molar-refractivity contribution < 1.29 is 9.69 Å². The molecule has 0 saturated carbocycles. The van der Waals surface area contributed by atoms with Gasteiger partial charge in [0.2, 0.25) is 0 Å². The lowest BCUT2D eigenvalue weighted by molar-refractivity contribution is -0.895. The molecular weight excluding hydrogens is 284 g/mol. The summed E-state index contributed by atoms with van der Waals surface area (Å²) in [6, 6.07) is 2.22. The van der Waals surface area contributed by atoms with Crippen molar-refractivity contribution >= 4 is 33.1 Å². The van der Waals surface area contributed by atoms with Crippen LogP contribution in [-0.4, -0.2) is 30.5 Å². The van der Waals surface area contributed by atoms with Crippen LogP contribution in [0.15, 0.2) is 6.07 Å². The number of rotatable bonds is 2. The molecule has 5 nitrogen and oxygen atoms in total. The highest BCUT2D eigenvalue weighted by Gasteiger charge is 2.23. The molecule has 0 radical (unpaired) electrons. The van der Waals surface area contributed by atoms with E-state index < -0.39 is 0 Å². The summed E-state index contributed by atoms with van der Waals surface area (Å²) in [7, 11) is 2.19. The molecule has 4 N–H and O–H groups in total. The number of likely N-dealkylation sites (N-methyl/N-ethyl adjacent to an activating group) is 1. The van der Waals surface area contributed by atoms with Crippen LogP contribution in [0.4, 0.5) is 5.69 Å². The topological polar surface area (TPSA) is 72.5 Å². The number of amides is 1. The van der Waals surface area contributed by atoms with Crippen LogP contribution in [0.2, 0.25) is 0 Å². The normalized spacial score (nSPS) is 18.0. The van der Waals surface area contributed by atoms with Gasteiger partial charge in [-0.2, -0.15) is 0 Å². The summed E-state index contributed by atoms with van der Waals surface area (Å²) >= 11 is 1.39. The van der Waals surface area contributed by atoms with E-state index in [4.69, 9.17) is 10.7 Å². The quantitative estimate of drug-likeness (QED) is 0.760. The van der Waals surface area contributed by atoms with E-state index in [1.807, 2.05) is 13.8 Å². The fraction of sp³-hybridized carbons (Fsp3) is 0.467. The van der Waals surface area contributed by atoms with Gasteiger partial charge < -0.3 is 16.0 Å². The third kappa shape index (κ3) is 2.61. The highest BCUT2D eigenvalue weighted by Crippen LogP contribution is 2.34. The Kier molecular flexibility index (Phi) is 3.59. The first kappa shape index (κ1) is 14.3. The van der Waals surface area contributed by atoms with Crippen molar-refractivity contribution in [1.29, 1.82) is 0 Å². The number of nitrogens with two attached hydrogens (primary N) is 1. The van der Waals surface area contributed by atoms with Gasteiger partial charge in [0.25, 0.3) is 5.91 Å². The van der Waals surface area contributed by atoms with Gasteiger partial charge in [-0.1, -0.05) is 0 Å². The number of thiophene rings is 1. The van der Waals surface area contributed by atoms with E-state index in [2.05, 4.69) is 18.4 Å². The number of carbonyl (C=O) groups is 1. The molecule has 1 aliphatic heterocycles. The molecule has 0 aliphatic carbocycles. The predicted octanol–water partition coefficient (Wildman–Crippen LogP) is 0.587. The van der Waals surface area contributed by atoms with Crippen LogP contribution in [0, 0.1) is 0 Å². The molecule has 0 spiro atoms. The van der Waals surface area contributed by atoms with E-state index >= 15 is 0 Å². The van der Waals surface area contributed by atoms with Gasteiger partial charge in [0.1, 0.15) is 16.3 Å². The van der Waals surface area contributed by atoms with Crippen LogP contribution in [0.25, 0.3) is 10.2 Å². The van der Waals surface area contributed by atoms with Gasteiger partial charge in [-0.15, -0.1) is 11.3 Å². The number of nitrogen functional groups attached to an aromatic ring is 1. The maximum Gasteiger partial charge on any atom is 0.263 e. The fourth-order valence-corrected chi connectivity index (χ4v) is 3.73. The molecule has 21 heavy (non-hydrogen) atoms. The summed E-state index contributed by atoms with van der Waals surface area (Å²) in [5, 5.41) is 3.82. The maximum absolute atomic E-state index is 12.2. The average Bonchev–Trinajstić information content (AvgIpc) is 2.73. The molecule has 0 fully saturated rings. The van der Waals surface area contributed by atoms with Crippen LogP contribution in [0.1, 0.15) is 34.8 Å². The third-order valence-electron chi connectivity index (χ3n) is 3.80. The predicted molar refractivity (Wildman–Crippen MR) is 85.8 cm³/mol. The van der Waals surface area contributed by atoms with Gasteiger partial charge in [0.05, 0.1) is 25.0 Å². The molecule has 1 atom stereocenters. The molecule has 3 heterocycles. The number of aromatic nitrogens is 1. The van der Waals surface area contributed by atoms with E-state index in [0.717, 1.165) is 35.4 Å². The minimum absolute atomic E-state index is 0.0977. The third-order valence-corrected chi connectivity index (χ3v) is 4.91. The van der Waals surface area contributed by atoms with Gasteiger partial charge in [0, 0.05) is 23.4 Å².